The number of hydrogen-bond acceptors (Lipinski definition) is 6. The third-order valence-corrected chi connectivity index (χ3v) is 2.60. The van der Waals surface area contributed by atoms with Crippen molar-refractivity contribution in [1.82, 2.24) is 9.97 Å². The average Bonchev–Trinajstić information content (AvgIpc) is 2.45. The Bertz CT molecular complexity index is 628. The van der Waals surface area contributed by atoms with Crippen LogP contribution < -0.4 is 21.1 Å². The van der Waals surface area contributed by atoms with Gasteiger partial charge in [-0.2, -0.15) is 4.98 Å². The maximum absolute atomic E-state index is 11.0. The molecule has 0 radical (unpaired) electrons. The highest BCUT2D eigenvalue weighted by Gasteiger charge is 2.09. The zero-order chi connectivity index (χ0) is 15.2. The number of benzene rings is 1. The fraction of sp³-hybridized carbons (Fsp3) is 0.214. The van der Waals surface area contributed by atoms with Gasteiger partial charge in [0.1, 0.15) is 12.0 Å². The van der Waals surface area contributed by atoms with Gasteiger partial charge in [-0.1, -0.05) is 0 Å². The first-order chi connectivity index (χ1) is 10.1. The van der Waals surface area contributed by atoms with Crippen molar-refractivity contribution < 1.29 is 9.53 Å². The smallest absolute Gasteiger partial charge is 0.242 e. The van der Waals surface area contributed by atoms with Crippen molar-refractivity contribution in [3.05, 3.63) is 30.6 Å². The van der Waals surface area contributed by atoms with Crippen LogP contribution in [0.2, 0.25) is 0 Å². The Morgan fingerprint density at radius 3 is 2.52 bits per heavy atom. The van der Waals surface area contributed by atoms with Crippen LogP contribution in [0.15, 0.2) is 30.6 Å². The average molecular weight is 287 g/mol. The molecule has 0 unspecified atom stereocenters. The summed E-state index contributed by atoms with van der Waals surface area (Å²) in [6.45, 7) is 3.80. The number of anilines is 4. The van der Waals surface area contributed by atoms with Crippen LogP contribution in [0.3, 0.4) is 0 Å². The summed E-state index contributed by atoms with van der Waals surface area (Å²) in [6, 6.07) is 7.19. The van der Waals surface area contributed by atoms with E-state index >= 15 is 0 Å². The molecule has 21 heavy (non-hydrogen) atoms. The minimum atomic E-state index is -0.114. The highest BCUT2D eigenvalue weighted by atomic mass is 16.5. The van der Waals surface area contributed by atoms with Crippen molar-refractivity contribution in [2.45, 2.75) is 13.8 Å². The molecule has 0 atom stereocenters. The van der Waals surface area contributed by atoms with Crippen molar-refractivity contribution in [3.8, 4) is 5.88 Å². The Morgan fingerprint density at radius 2 is 1.90 bits per heavy atom. The van der Waals surface area contributed by atoms with E-state index in [2.05, 4.69) is 20.6 Å². The summed E-state index contributed by atoms with van der Waals surface area (Å²) >= 11 is 0. The Balaban J connectivity index is 2.14. The molecule has 1 aromatic heterocycles. The van der Waals surface area contributed by atoms with Gasteiger partial charge in [0.25, 0.3) is 0 Å². The van der Waals surface area contributed by atoms with Crippen LogP contribution in [-0.2, 0) is 4.79 Å². The number of nitrogens with zero attached hydrogens (tertiary/aromatic N) is 2. The molecule has 7 nitrogen and oxygen atoms in total. The first kappa shape index (κ1) is 14.6. The fourth-order valence-electron chi connectivity index (χ4n) is 1.71. The zero-order valence-electron chi connectivity index (χ0n) is 11.9. The third kappa shape index (κ3) is 3.82. The van der Waals surface area contributed by atoms with Gasteiger partial charge in [0.2, 0.25) is 11.8 Å². The van der Waals surface area contributed by atoms with Crippen LogP contribution in [-0.4, -0.2) is 22.5 Å². The Morgan fingerprint density at radius 1 is 1.24 bits per heavy atom. The van der Waals surface area contributed by atoms with Gasteiger partial charge >= 0.3 is 0 Å². The molecule has 0 aliphatic heterocycles. The van der Waals surface area contributed by atoms with E-state index in [9.17, 15) is 4.79 Å². The van der Waals surface area contributed by atoms with E-state index in [0.717, 1.165) is 11.4 Å². The molecule has 0 saturated heterocycles. The molecular formula is C14H17N5O2. The van der Waals surface area contributed by atoms with Crippen molar-refractivity contribution in [3.63, 3.8) is 0 Å². The van der Waals surface area contributed by atoms with E-state index < -0.39 is 0 Å². The Hall–Kier alpha value is -2.83. The summed E-state index contributed by atoms with van der Waals surface area (Å²) < 4.78 is 5.31. The van der Waals surface area contributed by atoms with Crippen LogP contribution in [0.5, 0.6) is 5.88 Å². The standard InChI is InChI=1S/C14H17N5O2/c1-3-21-14-12(15)13(16-8-17-14)19-11-6-4-10(5-7-11)18-9(2)20/h4-8H,3,15H2,1-2H3,(H,18,20)(H,16,17,19). The predicted molar refractivity (Wildman–Crippen MR) is 81.6 cm³/mol. The van der Waals surface area contributed by atoms with E-state index in [0.29, 0.717) is 24.0 Å². The second kappa shape index (κ2) is 6.56. The number of ether oxygens (including phenoxy) is 1. The molecule has 0 aliphatic carbocycles. The van der Waals surface area contributed by atoms with Crippen LogP contribution in [0.1, 0.15) is 13.8 Å². The summed E-state index contributed by atoms with van der Waals surface area (Å²) in [5.74, 6) is 0.711. The fourth-order valence-corrected chi connectivity index (χ4v) is 1.71. The van der Waals surface area contributed by atoms with Gasteiger partial charge in [0.05, 0.1) is 6.61 Å². The maximum Gasteiger partial charge on any atom is 0.242 e. The SMILES string of the molecule is CCOc1ncnc(Nc2ccc(NC(C)=O)cc2)c1N. The lowest BCUT2D eigenvalue weighted by molar-refractivity contribution is -0.114. The molecule has 0 bridgehead atoms. The molecule has 0 fully saturated rings. The first-order valence-corrected chi connectivity index (χ1v) is 6.48. The molecule has 0 spiro atoms. The van der Waals surface area contributed by atoms with Crippen LogP contribution in [0.25, 0.3) is 0 Å². The van der Waals surface area contributed by atoms with Gasteiger partial charge in [0.15, 0.2) is 5.82 Å². The molecule has 0 saturated carbocycles. The number of rotatable bonds is 5. The summed E-state index contributed by atoms with van der Waals surface area (Å²) in [4.78, 5) is 19.0. The second-order valence-electron chi connectivity index (χ2n) is 4.26. The number of amides is 1. The molecular weight excluding hydrogens is 270 g/mol. The number of aromatic nitrogens is 2. The van der Waals surface area contributed by atoms with E-state index in [1.165, 1.54) is 13.3 Å². The second-order valence-corrected chi connectivity index (χ2v) is 4.26. The number of carbonyl (C=O) groups is 1. The van der Waals surface area contributed by atoms with Gasteiger partial charge in [0, 0.05) is 18.3 Å². The van der Waals surface area contributed by atoms with Gasteiger partial charge in [-0.3, -0.25) is 4.79 Å². The first-order valence-electron chi connectivity index (χ1n) is 6.48. The van der Waals surface area contributed by atoms with Crippen LogP contribution in [0.4, 0.5) is 22.9 Å². The summed E-state index contributed by atoms with van der Waals surface area (Å²) in [6.07, 6.45) is 1.38. The van der Waals surface area contributed by atoms with Crippen molar-refractivity contribution in [2.24, 2.45) is 0 Å². The highest BCUT2D eigenvalue weighted by molar-refractivity contribution is 5.88. The molecule has 110 valence electrons. The lowest BCUT2D eigenvalue weighted by atomic mass is 10.2. The summed E-state index contributed by atoms with van der Waals surface area (Å²) in [5.41, 5.74) is 7.81. The lowest BCUT2D eigenvalue weighted by Gasteiger charge is -2.11. The van der Waals surface area contributed by atoms with Gasteiger partial charge in [-0.15, -0.1) is 0 Å². The Labute approximate surface area is 122 Å². The normalized spacial score (nSPS) is 10.0. The van der Waals surface area contributed by atoms with Gasteiger partial charge < -0.3 is 21.1 Å². The van der Waals surface area contributed by atoms with Gasteiger partial charge in [-0.05, 0) is 31.2 Å². The zero-order valence-corrected chi connectivity index (χ0v) is 11.9. The van der Waals surface area contributed by atoms with E-state index in [1.54, 1.807) is 12.1 Å². The van der Waals surface area contributed by atoms with Crippen molar-refractivity contribution in [2.75, 3.05) is 23.0 Å². The molecule has 0 aliphatic rings. The van der Waals surface area contributed by atoms with Crippen LogP contribution in [0, 0.1) is 0 Å². The van der Waals surface area contributed by atoms with Crippen LogP contribution >= 0.6 is 0 Å². The molecule has 7 heteroatoms. The molecule has 1 amide bonds. The third-order valence-electron chi connectivity index (χ3n) is 2.60. The lowest BCUT2D eigenvalue weighted by Crippen LogP contribution is -2.06. The molecule has 1 heterocycles. The minimum Gasteiger partial charge on any atom is -0.476 e. The number of nitrogens with one attached hydrogen (secondary N) is 2. The van der Waals surface area contributed by atoms with E-state index in [-0.39, 0.29) is 5.91 Å². The largest absolute Gasteiger partial charge is 0.476 e. The number of nitrogens with two attached hydrogens (primary N) is 1. The summed E-state index contributed by atoms with van der Waals surface area (Å²) in [7, 11) is 0. The number of carbonyl (C=O) groups excluding carboxylic acids is 1. The topological polar surface area (TPSA) is 102 Å². The molecule has 1 aromatic carbocycles. The predicted octanol–water partition coefficient (Wildman–Crippen LogP) is 2.16. The highest BCUT2D eigenvalue weighted by Crippen LogP contribution is 2.27. The minimum absolute atomic E-state index is 0.114. The monoisotopic (exact) mass is 287 g/mol. The molecule has 4 N–H and O–H groups in total. The molecule has 2 aromatic rings. The number of hydrogen-bond donors (Lipinski definition) is 3. The van der Waals surface area contributed by atoms with E-state index in [4.69, 9.17) is 10.5 Å². The maximum atomic E-state index is 11.0. The molecule has 2 rings (SSSR count). The van der Waals surface area contributed by atoms with Gasteiger partial charge in [-0.25, -0.2) is 4.98 Å². The quantitative estimate of drug-likeness (QED) is 0.778. The van der Waals surface area contributed by atoms with Crippen molar-refractivity contribution >= 4 is 28.8 Å². The van der Waals surface area contributed by atoms with E-state index in [1.807, 2.05) is 19.1 Å². The Kier molecular flexibility index (Phi) is 4.55. The number of nitrogen functional groups attached to an aromatic ring is 1. The summed E-state index contributed by atoms with van der Waals surface area (Å²) in [5, 5.41) is 5.78. The van der Waals surface area contributed by atoms with Crippen molar-refractivity contribution in [1.29, 1.82) is 0 Å².